The molecule has 0 spiro atoms. The molecule has 0 saturated carbocycles. The first kappa shape index (κ1) is 12.7. The highest BCUT2D eigenvalue weighted by atomic mass is 16.4. The summed E-state index contributed by atoms with van der Waals surface area (Å²) in [4.78, 5) is 10.4. The van der Waals surface area contributed by atoms with Crippen molar-refractivity contribution in [3.05, 3.63) is 17.0 Å². The van der Waals surface area contributed by atoms with Crippen LogP contribution < -0.4 is 5.32 Å². The number of carboxylic acid groups (broad SMARTS) is 1. The van der Waals surface area contributed by atoms with Gasteiger partial charge in [-0.3, -0.25) is 9.48 Å². The predicted molar refractivity (Wildman–Crippen MR) is 61.4 cm³/mol. The second kappa shape index (κ2) is 5.12. The fraction of sp³-hybridized carbons (Fsp3) is 0.636. The van der Waals surface area contributed by atoms with Crippen LogP contribution in [0.3, 0.4) is 0 Å². The van der Waals surface area contributed by atoms with Gasteiger partial charge in [0.05, 0.1) is 12.1 Å². The number of aryl methyl sites for hydroxylation is 2. The SMILES string of the molecule is Cc1nn(C)c(C)c1C(C)NCCC(=O)O. The zero-order chi connectivity index (χ0) is 12.3. The topological polar surface area (TPSA) is 67.2 Å². The van der Waals surface area contributed by atoms with Crippen LogP contribution in [0.2, 0.25) is 0 Å². The molecule has 0 aliphatic rings. The van der Waals surface area contributed by atoms with Crippen LogP contribution in [-0.4, -0.2) is 27.4 Å². The van der Waals surface area contributed by atoms with Gasteiger partial charge >= 0.3 is 5.97 Å². The van der Waals surface area contributed by atoms with Crippen LogP contribution in [0.25, 0.3) is 0 Å². The molecule has 5 heteroatoms. The van der Waals surface area contributed by atoms with Gasteiger partial charge in [0.1, 0.15) is 0 Å². The Hall–Kier alpha value is -1.36. The minimum atomic E-state index is -0.778. The Labute approximate surface area is 95.5 Å². The summed E-state index contributed by atoms with van der Waals surface area (Å²) >= 11 is 0. The van der Waals surface area contributed by atoms with Gasteiger partial charge in [0.25, 0.3) is 0 Å². The van der Waals surface area contributed by atoms with E-state index < -0.39 is 5.97 Å². The molecule has 5 nitrogen and oxygen atoms in total. The van der Waals surface area contributed by atoms with E-state index in [4.69, 9.17) is 5.11 Å². The summed E-state index contributed by atoms with van der Waals surface area (Å²) in [5, 5.41) is 16.1. The van der Waals surface area contributed by atoms with Crippen LogP contribution in [0.4, 0.5) is 0 Å². The Kier molecular flexibility index (Phi) is 4.06. The van der Waals surface area contributed by atoms with Crippen molar-refractivity contribution in [2.75, 3.05) is 6.54 Å². The summed E-state index contributed by atoms with van der Waals surface area (Å²) in [6, 6.07) is 0.132. The van der Waals surface area contributed by atoms with Crippen molar-refractivity contribution in [1.29, 1.82) is 0 Å². The van der Waals surface area contributed by atoms with Gasteiger partial charge in [0.2, 0.25) is 0 Å². The average molecular weight is 225 g/mol. The lowest BCUT2D eigenvalue weighted by molar-refractivity contribution is -0.136. The van der Waals surface area contributed by atoms with Crippen molar-refractivity contribution in [1.82, 2.24) is 15.1 Å². The van der Waals surface area contributed by atoms with Crippen molar-refractivity contribution in [3.63, 3.8) is 0 Å². The van der Waals surface area contributed by atoms with Gasteiger partial charge < -0.3 is 10.4 Å². The van der Waals surface area contributed by atoms with Crippen LogP contribution in [0, 0.1) is 13.8 Å². The molecule has 1 aromatic rings. The van der Waals surface area contributed by atoms with Gasteiger partial charge in [-0.1, -0.05) is 0 Å². The number of carbonyl (C=O) groups is 1. The highest BCUT2D eigenvalue weighted by Crippen LogP contribution is 2.20. The first-order chi connectivity index (χ1) is 7.43. The van der Waals surface area contributed by atoms with E-state index in [1.807, 2.05) is 32.5 Å². The molecule has 1 aromatic heterocycles. The van der Waals surface area contributed by atoms with Gasteiger partial charge in [-0.05, 0) is 20.8 Å². The quantitative estimate of drug-likeness (QED) is 0.789. The summed E-state index contributed by atoms with van der Waals surface area (Å²) < 4.78 is 1.85. The molecular formula is C11H19N3O2. The van der Waals surface area contributed by atoms with Crippen molar-refractivity contribution in [3.8, 4) is 0 Å². The van der Waals surface area contributed by atoms with Gasteiger partial charge in [-0.15, -0.1) is 0 Å². The maximum Gasteiger partial charge on any atom is 0.304 e. The molecule has 1 heterocycles. The summed E-state index contributed by atoms with van der Waals surface area (Å²) in [6.45, 7) is 6.49. The van der Waals surface area contributed by atoms with Crippen molar-refractivity contribution < 1.29 is 9.90 Å². The number of nitrogens with zero attached hydrogens (tertiary/aromatic N) is 2. The molecule has 0 aromatic carbocycles. The second-order valence-corrected chi connectivity index (χ2v) is 4.03. The highest BCUT2D eigenvalue weighted by Gasteiger charge is 2.15. The maximum absolute atomic E-state index is 10.4. The molecule has 1 atom stereocenters. The van der Waals surface area contributed by atoms with E-state index in [0.717, 1.165) is 17.0 Å². The van der Waals surface area contributed by atoms with Crippen molar-refractivity contribution in [2.45, 2.75) is 33.2 Å². The minimum Gasteiger partial charge on any atom is -0.481 e. The molecule has 0 amide bonds. The number of hydrogen-bond acceptors (Lipinski definition) is 3. The molecule has 0 saturated heterocycles. The molecule has 0 radical (unpaired) electrons. The molecule has 0 aliphatic carbocycles. The summed E-state index contributed by atoms with van der Waals surface area (Å²) in [6.07, 6.45) is 0.142. The van der Waals surface area contributed by atoms with E-state index in [0.29, 0.717) is 6.54 Å². The van der Waals surface area contributed by atoms with Gasteiger partial charge in [0.15, 0.2) is 0 Å². The summed E-state index contributed by atoms with van der Waals surface area (Å²) in [7, 11) is 1.91. The van der Waals surface area contributed by atoms with E-state index in [9.17, 15) is 4.79 Å². The van der Waals surface area contributed by atoms with Gasteiger partial charge in [0, 0.05) is 30.9 Å². The number of aromatic nitrogens is 2. The molecule has 0 fully saturated rings. The van der Waals surface area contributed by atoms with E-state index in [-0.39, 0.29) is 12.5 Å². The molecule has 1 unspecified atom stereocenters. The maximum atomic E-state index is 10.4. The molecular weight excluding hydrogens is 206 g/mol. The lowest BCUT2D eigenvalue weighted by Gasteiger charge is -2.13. The van der Waals surface area contributed by atoms with E-state index in [2.05, 4.69) is 10.4 Å². The lowest BCUT2D eigenvalue weighted by Crippen LogP contribution is -2.22. The Morgan fingerprint density at radius 2 is 2.19 bits per heavy atom. The third-order valence-corrected chi connectivity index (χ3v) is 2.79. The molecule has 16 heavy (non-hydrogen) atoms. The molecule has 0 bridgehead atoms. The van der Waals surface area contributed by atoms with Gasteiger partial charge in [-0.25, -0.2) is 0 Å². The van der Waals surface area contributed by atoms with Gasteiger partial charge in [-0.2, -0.15) is 5.10 Å². The number of hydrogen-bond donors (Lipinski definition) is 2. The number of rotatable bonds is 5. The molecule has 1 rings (SSSR count). The van der Waals surface area contributed by atoms with Crippen LogP contribution in [0.5, 0.6) is 0 Å². The predicted octanol–water partition coefficient (Wildman–Crippen LogP) is 1.16. The normalized spacial score (nSPS) is 12.8. The van der Waals surface area contributed by atoms with Crippen molar-refractivity contribution >= 4 is 5.97 Å². The van der Waals surface area contributed by atoms with E-state index >= 15 is 0 Å². The summed E-state index contributed by atoms with van der Waals surface area (Å²) in [5.41, 5.74) is 3.27. The first-order valence-corrected chi connectivity index (χ1v) is 5.38. The fourth-order valence-electron chi connectivity index (χ4n) is 1.91. The first-order valence-electron chi connectivity index (χ1n) is 5.38. The Bertz CT molecular complexity index is 385. The number of nitrogens with one attached hydrogen (secondary N) is 1. The molecule has 2 N–H and O–H groups in total. The Morgan fingerprint density at radius 1 is 1.56 bits per heavy atom. The van der Waals surface area contributed by atoms with E-state index in [1.54, 1.807) is 0 Å². The minimum absolute atomic E-state index is 0.132. The highest BCUT2D eigenvalue weighted by molar-refractivity contribution is 5.66. The Morgan fingerprint density at radius 3 is 2.62 bits per heavy atom. The zero-order valence-corrected chi connectivity index (χ0v) is 10.2. The van der Waals surface area contributed by atoms with Crippen molar-refractivity contribution in [2.24, 2.45) is 7.05 Å². The third kappa shape index (κ3) is 2.82. The van der Waals surface area contributed by atoms with E-state index in [1.165, 1.54) is 0 Å². The van der Waals surface area contributed by atoms with Crippen LogP contribution in [0.1, 0.15) is 36.3 Å². The molecule has 0 aliphatic heterocycles. The second-order valence-electron chi connectivity index (χ2n) is 4.03. The lowest BCUT2D eigenvalue weighted by atomic mass is 10.1. The average Bonchev–Trinajstić information content (AvgIpc) is 2.40. The number of carboxylic acids is 1. The zero-order valence-electron chi connectivity index (χ0n) is 10.2. The van der Waals surface area contributed by atoms with Crippen LogP contribution in [0.15, 0.2) is 0 Å². The molecule has 90 valence electrons. The standard InChI is InChI=1S/C11H19N3O2/c1-7(12-6-5-10(15)16)11-8(2)13-14(4)9(11)3/h7,12H,5-6H2,1-4H3,(H,15,16). The fourth-order valence-corrected chi connectivity index (χ4v) is 1.91. The third-order valence-electron chi connectivity index (χ3n) is 2.79. The largest absolute Gasteiger partial charge is 0.481 e. The van der Waals surface area contributed by atoms with Crippen LogP contribution in [-0.2, 0) is 11.8 Å². The smallest absolute Gasteiger partial charge is 0.304 e. The monoisotopic (exact) mass is 225 g/mol. The van der Waals surface area contributed by atoms with Crippen LogP contribution >= 0.6 is 0 Å². The Balaban J connectivity index is 2.65. The summed E-state index contributed by atoms with van der Waals surface area (Å²) in [5.74, 6) is -0.778. The number of aliphatic carboxylic acids is 1.